The van der Waals surface area contributed by atoms with Crippen LogP contribution in [0.1, 0.15) is 7.43 Å². The molecule has 0 bridgehead atoms. The Hall–Kier alpha value is 2.19. The van der Waals surface area contributed by atoms with E-state index in [0.717, 1.165) is 0 Å². The van der Waals surface area contributed by atoms with Gasteiger partial charge >= 0.3 is 56.4 Å². The van der Waals surface area contributed by atoms with Crippen molar-refractivity contribution in [2.24, 2.45) is 0 Å². The van der Waals surface area contributed by atoms with E-state index in [0.29, 0.717) is 0 Å². The summed E-state index contributed by atoms with van der Waals surface area (Å²) in [4.78, 5) is 0. The second-order valence-electron chi connectivity index (χ2n) is 0.639. The van der Waals surface area contributed by atoms with Crippen molar-refractivity contribution in [1.29, 1.82) is 0 Å². The van der Waals surface area contributed by atoms with Crippen molar-refractivity contribution >= 4 is 45.9 Å². The second kappa shape index (κ2) is 2.85. The Balaban J connectivity index is 0. The summed E-state index contributed by atoms with van der Waals surface area (Å²) >= 11 is 0. The first kappa shape index (κ1) is 11.9. The van der Waals surface area contributed by atoms with Crippen LogP contribution in [0, 0.1) is 0 Å². The van der Waals surface area contributed by atoms with Crippen LogP contribution in [0.5, 0.6) is 0 Å². The minimum atomic E-state index is -4.44. The molecule has 0 saturated carbocycles. The molecule has 0 aromatic heterocycles. The Kier molecular flexibility index (Phi) is 4.85. The summed E-state index contributed by atoms with van der Waals surface area (Å²) in [5.74, 6) is 0. The number of hydrogen-bond donors (Lipinski definition) is 0. The average molecular weight is 374 g/mol. The summed E-state index contributed by atoms with van der Waals surface area (Å²) in [6, 6.07) is 0. The summed E-state index contributed by atoms with van der Waals surface area (Å²) in [7, 11) is 20.9. The quantitative estimate of drug-likeness (QED) is 0.600. The molecule has 0 saturated heterocycles. The van der Waals surface area contributed by atoms with E-state index in [1.165, 1.54) is 0 Å². The molecule has 0 unspecified atom stereocenters. The van der Waals surface area contributed by atoms with E-state index in [2.05, 4.69) is 0 Å². The number of rotatable bonds is 0. The predicted molar refractivity (Wildman–Crippen MR) is 36.0 cm³/mol. The molecule has 0 rings (SSSR count). The summed E-state index contributed by atoms with van der Waals surface area (Å²) in [6.45, 7) is 0. The van der Waals surface area contributed by atoms with Crippen LogP contribution >= 0.6 is 45.9 Å². The third-order valence-corrected chi connectivity index (χ3v) is 0. The van der Waals surface area contributed by atoms with Crippen LogP contribution in [0.2, 0.25) is 0 Å². The van der Waals surface area contributed by atoms with Crippen molar-refractivity contribution < 1.29 is 10.4 Å². The van der Waals surface area contributed by atoms with Gasteiger partial charge in [-0.15, -0.1) is 0 Å². The van der Waals surface area contributed by atoms with Crippen LogP contribution in [0.3, 0.4) is 0 Å². The molecule has 0 aromatic rings. The van der Waals surface area contributed by atoms with Gasteiger partial charge in [0.2, 0.25) is 0 Å². The van der Waals surface area contributed by atoms with Gasteiger partial charge in [-0.2, -0.15) is 0 Å². The van der Waals surface area contributed by atoms with E-state index < -0.39 is 10.4 Å². The molecule has 48 valence electrons. The normalized spacial score (nSPS) is 16.4. The van der Waals surface area contributed by atoms with Crippen molar-refractivity contribution in [1.82, 2.24) is 0 Å². The molecule has 7 heavy (non-hydrogen) atoms. The van der Waals surface area contributed by atoms with Gasteiger partial charge in [-0.1, -0.05) is 7.43 Å². The van der Waals surface area contributed by atoms with Crippen molar-refractivity contribution in [2.75, 3.05) is 0 Å². The van der Waals surface area contributed by atoms with Crippen molar-refractivity contribution in [3.63, 3.8) is 0 Å². The topological polar surface area (TPSA) is 0 Å². The van der Waals surface area contributed by atoms with E-state index in [9.17, 15) is 0 Å². The molecule has 6 heteroatoms. The number of halogens is 5. The first-order chi connectivity index (χ1) is 2.24. The summed E-state index contributed by atoms with van der Waals surface area (Å²) < 4.78 is 0. The number of hydrogen-bond acceptors (Lipinski definition) is 0. The van der Waals surface area contributed by atoms with Crippen LogP contribution in [0.25, 0.3) is 0 Å². The van der Waals surface area contributed by atoms with Gasteiger partial charge in [0.05, 0.1) is 0 Å². The zero-order valence-corrected chi connectivity index (χ0v) is 9.33. The molecule has 0 atom stereocenters. The van der Waals surface area contributed by atoms with Crippen LogP contribution in [0.15, 0.2) is 0 Å². The van der Waals surface area contributed by atoms with E-state index in [1.54, 1.807) is 0 Å². The van der Waals surface area contributed by atoms with Gasteiger partial charge in [-0.3, -0.25) is 0 Å². The van der Waals surface area contributed by atoms with Crippen molar-refractivity contribution in [3.05, 3.63) is 0 Å². The maximum absolute atomic E-state index is 5.06. The molecule has 0 radical (unpaired) electrons. The van der Waals surface area contributed by atoms with Gasteiger partial charge in [-0.05, 0) is 0 Å². The van der Waals surface area contributed by atoms with Crippen LogP contribution < -0.4 is 0 Å². The van der Waals surface area contributed by atoms with E-state index in [1.807, 2.05) is 0 Å². The molecule has 0 fully saturated rings. The van der Waals surface area contributed by atoms with Crippen molar-refractivity contribution in [2.45, 2.75) is 7.43 Å². The van der Waals surface area contributed by atoms with Gasteiger partial charge in [0.1, 0.15) is 0 Å². The predicted octanol–water partition coefficient (Wildman–Crippen LogP) is 4.08. The van der Waals surface area contributed by atoms with Gasteiger partial charge in [0.25, 0.3) is 0 Å². The first-order valence-corrected chi connectivity index (χ1v) is 20.8. The SMILES string of the molecule is C.[Cl][Ta]([Cl])([Cl])([Cl])[Cl]. The van der Waals surface area contributed by atoms with Crippen molar-refractivity contribution in [3.8, 4) is 0 Å². The molecule has 0 N–H and O–H groups in total. The van der Waals surface area contributed by atoms with Gasteiger partial charge in [-0.25, -0.2) is 0 Å². The second-order valence-corrected chi connectivity index (χ2v) is 47.1. The zero-order chi connectivity index (χ0) is 5.45. The Morgan fingerprint density at radius 1 is 0.714 bits per heavy atom. The molecule has 0 aliphatic heterocycles. The fourth-order valence-electron chi connectivity index (χ4n) is 0. The van der Waals surface area contributed by atoms with E-state index in [4.69, 9.17) is 45.9 Å². The first-order valence-electron chi connectivity index (χ1n) is 0.845. The maximum atomic E-state index is 5.06. The summed E-state index contributed by atoms with van der Waals surface area (Å²) in [5.41, 5.74) is 0. The molecule has 0 aromatic carbocycles. The van der Waals surface area contributed by atoms with E-state index in [-0.39, 0.29) is 7.43 Å². The van der Waals surface area contributed by atoms with Gasteiger partial charge in [0, 0.05) is 0 Å². The van der Waals surface area contributed by atoms with Gasteiger partial charge < -0.3 is 0 Å². The molecular formula is CH4Cl5Ta. The average Bonchev–Trinajstić information content (AvgIpc) is 0.650. The molecule has 0 aliphatic rings. The molecule has 0 heterocycles. The molecule has 0 nitrogen and oxygen atoms in total. The molecule has 0 spiro atoms. The molecular weight excluding hydrogens is 370 g/mol. The fourth-order valence-corrected chi connectivity index (χ4v) is 0. The standard InChI is InChI=1S/CH4.5ClH.Ta/h1H4;5*1H;/q;;;;;;+5/p-5. The third-order valence-electron chi connectivity index (χ3n) is 0. The van der Waals surface area contributed by atoms with Gasteiger partial charge in [0.15, 0.2) is 0 Å². The Morgan fingerprint density at radius 3 is 0.714 bits per heavy atom. The monoisotopic (exact) mass is 372 g/mol. The van der Waals surface area contributed by atoms with Crippen LogP contribution in [-0.2, 0) is 10.4 Å². The summed E-state index contributed by atoms with van der Waals surface area (Å²) in [6.07, 6.45) is 0. The Bertz CT molecular complexity index is 41.3. The van der Waals surface area contributed by atoms with Crippen LogP contribution in [-0.4, -0.2) is 0 Å². The fraction of sp³-hybridized carbons (Fsp3) is 1.00. The third kappa shape index (κ3) is 65.4. The summed E-state index contributed by atoms with van der Waals surface area (Å²) in [5, 5.41) is 0. The molecule has 0 aliphatic carbocycles. The molecule has 0 amide bonds. The Morgan fingerprint density at radius 2 is 0.714 bits per heavy atom. The Labute approximate surface area is 63.1 Å². The zero-order valence-electron chi connectivity index (χ0n) is 2.34. The van der Waals surface area contributed by atoms with E-state index >= 15 is 0 Å². The minimum absolute atomic E-state index is 0. The van der Waals surface area contributed by atoms with Crippen LogP contribution in [0.4, 0.5) is 0 Å².